The molecule has 2 aromatic rings. The van der Waals surface area contributed by atoms with Crippen molar-refractivity contribution in [3.63, 3.8) is 0 Å². The van der Waals surface area contributed by atoms with Crippen LogP contribution in [0.15, 0.2) is 48.5 Å². The zero-order chi connectivity index (χ0) is 27.7. The molecule has 38 heavy (non-hydrogen) atoms. The summed E-state index contributed by atoms with van der Waals surface area (Å²) in [5.74, 6) is 0.134. The zero-order valence-electron chi connectivity index (χ0n) is 22.4. The maximum absolute atomic E-state index is 13.5. The Labute approximate surface area is 231 Å². The van der Waals surface area contributed by atoms with Crippen molar-refractivity contribution < 1.29 is 22.7 Å². The van der Waals surface area contributed by atoms with Gasteiger partial charge in [0.25, 0.3) is 0 Å². The average molecular weight is 564 g/mol. The van der Waals surface area contributed by atoms with Crippen molar-refractivity contribution >= 4 is 39.1 Å². The lowest BCUT2D eigenvalue weighted by molar-refractivity contribution is -0.141. The van der Waals surface area contributed by atoms with Crippen LogP contribution in [0.4, 0.5) is 5.69 Å². The molecule has 0 bridgehead atoms. The summed E-state index contributed by atoms with van der Waals surface area (Å²) < 4.78 is 31.5. The summed E-state index contributed by atoms with van der Waals surface area (Å²) in [6.07, 6.45) is 6.77. The standard InChI is InChI=1S/C28H38ClN3O5S/c1-21(28(34)30-24-12-5-4-6-13-24)31(20-22-10-7-11-23(29)18-22)27(33)16-9-17-32(38(3,35)36)25-14-8-15-26(19-25)37-2/h7-8,10-11,14-15,18-19,21,24H,4-6,9,12-13,16-17,20H2,1-3H3,(H,30,34)/t21-/m1/s1. The number of amides is 2. The fourth-order valence-electron chi connectivity index (χ4n) is 4.75. The Bertz CT molecular complexity index is 1200. The zero-order valence-corrected chi connectivity index (χ0v) is 23.9. The van der Waals surface area contributed by atoms with Crippen LogP contribution in [0.25, 0.3) is 0 Å². The molecule has 2 aromatic carbocycles. The van der Waals surface area contributed by atoms with Crippen molar-refractivity contribution in [2.24, 2.45) is 0 Å². The number of rotatable bonds is 12. The van der Waals surface area contributed by atoms with Gasteiger partial charge < -0.3 is 15.0 Å². The van der Waals surface area contributed by atoms with Gasteiger partial charge in [0.1, 0.15) is 11.8 Å². The van der Waals surface area contributed by atoms with Crippen LogP contribution < -0.4 is 14.4 Å². The van der Waals surface area contributed by atoms with Crippen molar-refractivity contribution in [1.82, 2.24) is 10.2 Å². The summed E-state index contributed by atoms with van der Waals surface area (Å²) in [4.78, 5) is 28.2. The van der Waals surface area contributed by atoms with Gasteiger partial charge in [-0.1, -0.05) is 49.1 Å². The largest absolute Gasteiger partial charge is 0.497 e. The van der Waals surface area contributed by atoms with Crippen LogP contribution in [-0.4, -0.2) is 57.1 Å². The van der Waals surface area contributed by atoms with Crippen molar-refractivity contribution in [2.45, 2.75) is 70.5 Å². The van der Waals surface area contributed by atoms with Gasteiger partial charge >= 0.3 is 0 Å². The molecule has 0 aliphatic heterocycles. The van der Waals surface area contributed by atoms with Crippen LogP contribution in [-0.2, 0) is 26.2 Å². The summed E-state index contributed by atoms with van der Waals surface area (Å²) in [5.41, 5.74) is 1.28. The number of carbonyl (C=O) groups is 2. The molecule has 8 nitrogen and oxygen atoms in total. The molecule has 0 aromatic heterocycles. The molecule has 1 fully saturated rings. The fourth-order valence-corrected chi connectivity index (χ4v) is 5.92. The van der Waals surface area contributed by atoms with Gasteiger partial charge in [-0.05, 0) is 56.0 Å². The van der Waals surface area contributed by atoms with E-state index in [1.165, 1.54) is 17.8 Å². The van der Waals surface area contributed by atoms with Crippen LogP contribution >= 0.6 is 11.6 Å². The summed E-state index contributed by atoms with van der Waals surface area (Å²) in [7, 11) is -2.07. The number of anilines is 1. The number of ether oxygens (including phenoxy) is 1. The molecule has 1 saturated carbocycles. The van der Waals surface area contributed by atoms with Crippen molar-refractivity contribution in [3.05, 3.63) is 59.1 Å². The van der Waals surface area contributed by atoms with Crippen LogP contribution in [0.1, 0.15) is 57.4 Å². The summed E-state index contributed by atoms with van der Waals surface area (Å²) in [5, 5.41) is 3.67. The maximum atomic E-state index is 13.5. The third-order valence-electron chi connectivity index (χ3n) is 6.85. The van der Waals surface area contributed by atoms with E-state index in [-0.39, 0.29) is 43.8 Å². The Balaban J connectivity index is 1.72. The number of carbonyl (C=O) groups excluding carboxylic acids is 2. The highest BCUT2D eigenvalue weighted by Crippen LogP contribution is 2.24. The first-order chi connectivity index (χ1) is 18.1. The molecule has 0 unspecified atom stereocenters. The predicted octanol–water partition coefficient (Wildman–Crippen LogP) is 4.76. The van der Waals surface area contributed by atoms with E-state index in [0.717, 1.165) is 37.5 Å². The third kappa shape index (κ3) is 8.63. The Hall–Kier alpha value is -2.78. The molecule has 208 valence electrons. The highest BCUT2D eigenvalue weighted by molar-refractivity contribution is 7.92. The van der Waals surface area contributed by atoms with Gasteiger partial charge in [0.2, 0.25) is 21.8 Å². The molecule has 10 heteroatoms. The number of benzene rings is 2. The first kappa shape index (κ1) is 29.8. The normalized spacial score (nSPS) is 14.9. The van der Waals surface area contributed by atoms with E-state index in [1.54, 1.807) is 48.2 Å². The lowest BCUT2D eigenvalue weighted by Crippen LogP contribution is -2.50. The van der Waals surface area contributed by atoms with Crippen LogP contribution in [0.5, 0.6) is 5.75 Å². The van der Waals surface area contributed by atoms with Gasteiger partial charge in [0.15, 0.2) is 0 Å². The number of sulfonamides is 1. The number of hydrogen-bond acceptors (Lipinski definition) is 5. The summed E-state index contributed by atoms with van der Waals surface area (Å²) >= 11 is 6.17. The second-order valence-corrected chi connectivity index (χ2v) is 12.2. The lowest BCUT2D eigenvalue weighted by Gasteiger charge is -2.31. The predicted molar refractivity (Wildman–Crippen MR) is 151 cm³/mol. The Morgan fingerprint density at radius 1 is 1.11 bits per heavy atom. The minimum absolute atomic E-state index is 0.0810. The molecule has 0 spiro atoms. The van der Waals surface area contributed by atoms with Gasteiger partial charge in [0, 0.05) is 36.6 Å². The molecule has 1 atom stereocenters. The molecule has 2 amide bonds. The Morgan fingerprint density at radius 2 is 1.82 bits per heavy atom. The SMILES string of the molecule is COc1cccc(N(CCCC(=O)N(Cc2cccc(Cl)c2)[C@H](C)C(=O)NC2CCCCC2)S(C)(=O)=O)c1. The van der Waals surface area contributed by atoms with E-state index in [1.807, 2.05) is 12.1 Å². The molecule has 1 aliphatic carbocycles. The molecule has 3 rings (SSSR count). The highest BCUT2D eigenvalue weighted by Gasteiger charge is 2.28. The van der Waals surface area contributed by atoms with Gasteiger partial charge in [-0.15, -0.1) is 0 Å². The van der Waals surface area contributed by atoms with Crippen LogP contribution in [0, 0.1) is 0 Å². The first-order valence-electron chi connectivity index (χ1n) is 13.0. The maximum Gasteiger partial charge on any atom is 0.242 e. The summed E-state index contributed by atoms with van der Waals surface area (Å²) in [6, 6.07) is 13.5. The third-order valence-corrected chi connectivity index (χ3v) is 8.28. The number of halogens is 1. The topological polar surface area (TPSA) is 96.0 Å². The molecule has 1 aliphatic rings. The van der Waals surface area contributed by atoms with E-state index in [0.29, 0.717) is 16.5 Å². The minimum Gasteiger partial charge on any atom is -0.497 e. The summed E-state index contributed by atoms with van der Waals surface area (Å²) in [6.45, 7) is 2.08. The second kappa shape index (κ2) is 13.8. The van der Waals surface area contributed by atoms with Crippen molar-refractivity contribution in [2.75, 3.05) is 24.2 Å². The van der Waals surface area contributed by atoms with E-state index >= 15 is 0 Å². The quantitative estimate of drug-likeness (QED) is 0.401. The van der Waals surface area contributed by atoms with Gasteiger partial charge in [-0.3, -0.25) is 13.9 Å². The van der Waals surface area contributed by atoms with Crippen molar-refractivity contribution in [3.8, 4) is 5.75 Å². The van der Waals surface area contributed by atoms with E-state index in [9.17, 15) is 18.0 Å². The van der Waals surface area contributed by atoms with E-state index < -0.39 is 16.1 Å². The van der Waals surface area contributed by atoms with E-state index in [4.69, 9.17) is 16.3 Å². The average Bonchev–Trinajstić information content (AvgIpc) is 2.89. The molecule has 0 heterocycles. The smallest absolute Gasteiger partial charge is 0.242 e. The molecule has 0 saturated heterocycles. The minimum atomic E-state index is -3.59. The van der Waals surface area contributed by atoms with Gasteiger partial charge in [-0.25, -0.2) is 8.42 Å². The Morgan fingerprint density at radius 3 is 2.47 bits per heavy atom. The van der Waals surface area contributed by atoms with Crippen LogP contribution in [0.3, 0.4) is 0 Å². The number of nitrogens with one attached hydrogen (secondary N) is 1. The first-order valence-corrected chi connectivity index (χ1v) is 15.3. The van der Waals surface area contributed by atoms with Crippen LogP contribution in [0.2, 0.25) is 5.02 Å². The lowest BCUT2D eigenvalue weighted by atomic mass is 9.95. The molecular formula is C28H38ClN3O5S. The number of nitrogens with zero attached hydrogens (tertiary/aromatic N) is 2. The van der Waals surface area contributed by atoms with Gasteiger partial charge in [0.05, 0.1) is 19.1 Å². The Kier molecular flexibility index (Phi) is 10.8. The molecular weight excluding hydrogens is 526 g/mol. The van der Waals surface area contributed by atoms with Gasteiger partial charge in [-0.2, -0.15) is 0 Å². The molecule has 1 N–H and O–H groups in total. The number of hydrogen-bond donors (Lipinski definition) is 1. The van der Waals surface area contributed by atoms with Crippen molar-refractivity contribution in [1.29, 1.82) is 0 Å². The molecule has 0 radical (unpaired) electrons. The van der Waals surface area contributed by atoms with E-state index in [2.05, 4.69) is 5.32 Å². The fraction of sp³-hybridized carbons (Fsp3) is 0.500. The second-order valence-electron chi connectivity index (χ2n) is 9.81. The highest BCUT2D eigenvalue weighted by atomic mass is 35.5. The number of methoxy groups -OCH3 is 1. The monoisotopic (exact) mass is 563 g/mol.